The maximum atomic E-state index is 12.1. The van der Waals surface area contributed by atoms with Crippen LogP contribution in [0.15, 0.2) is 48.5 Å². The molecule has 0 amide bonds. The minimum atomic E-state index is -1.08. The predicted octanol–water partition coefficient (Wildman–Crippen LogP) is 3.67. The average Bonchev–Trinajstić information content (AvgIpc) is 2.55. The monoisotopic (exact) mass is 332 g/mol. The molecule has 0 bridgehead atoms. The summed E-state index contributed by atoms with van der Waals surface area (Å²) in [7, 11) is 1.40. The first-order chi connectivity index (χ1) is 11.0. The number of hydrogen-bond donors (Lipinski definition) is 1. The zero-order chi connectivity index (χ0) is 16.8. The fourth-order valence-corrected chi connectivity index (χ4v) is 2.09. The molecule has 0 heterocycles. The molecule has 0 aliphatic carbocycles. The Morgan fingerprint density at radius 2 is 1.87 bits per heavy atom. The number of halogens is 1. The quantitative estimate of drug-likeness (QED) is 0.514. The van der Waals surface area contributed by atoms with Crippen molar-refractivity contribution in [2.24, 2.45) is 0 Å². The van der Waals surface area contributed by atoms with Gasteiger partial charge in [0.2, 0.25) is 0 Å². The van der Waals surface area contributed by atoms with E-state index in [1.807, 2.05) is 0 Å². The summed E-state index contributed by atoms with van der Waals surface area (Å²) in [6.45, 7) is 0. The summed E-state index contributed by atoms with van der Waals surface area (Å²) in [5.74, 6) is -1.35. The van der Waals surface area contributed by atoms with Crippen LogP contribution in [-0.4, -0.2) is 24.2 Å². The molecule has 23 heavy (non-hydrogen) atoms. The summed E-state index contributed by atoms with van der Waals surface area (Å²) in [4.78, 5) is 22.7. The molecule has 0 aliphatic rings. The lowest BCUT2D eigenvalue weighted by atomic mass is 10.2. The maximum Gasteiger partial charge on any atom is 0.343 e. The number of carbonyl (C=O) groups is 2. The number of carboxylic acids is 1. The zero-order valence-corrected chi connectivity index (χ0v) is 12.9. The van der Waals surface area contributed by atoms with Crippen molar-refractivity contribution in [3.05, 3.63) is 64.7 Å². The van der Waals surface area contributed by atoms with Crippen molar-refractivity contribution in [3.8, 4) is 11.5 Å². The standard InChI is InChI=1S/C17H13ClO5/c1-22-14-10-11(7-8-15(19)20)9-13(18)16(14)23-17(21)12-5-3-2-4-6-12/h2-10H,1H3,(H,19,20)/b8-7+. The third kappa shape index (κ3) is 4.34. The minimum absolute atomic E-state index is 0.0792. The lowest BCUT2D eigenvalue weighted by Gasteiger charge is -2.12. The number of hydrogen-bond acceptors (Lipinski definition) is 4. The van der Waals surface area contributed by atoms with E-state index in [1.165, 1.54) is 25.3 Å². The van der Waals surface area contributed by atoms with Crippen molar-refractivity contribution in [2.45, 2.75) is 0 Å². The van der Waals surface area contributed by atoms with Crippen LogP contribution in [0.3, 0.4) is 0 Å². The van der Waals surface area contributed by atoms with Crippen LogP contribution in [0, 0.1) is 0 Å². The summed E-state index contributed by atoms with van der Waals surface area (Å²) < 4.78 is 10.5. The third-order valence-corrected chi connectivity index (χ3v) is 3.16. The fraction of sp³-hybridized carbons (Fsp3) is 0.0588. The van der Waals surface area contributed by atoms with Crippen molar-refractivity contribution >= 4 is 29.6 Å². The van der Waals surface area contributed by atoms with E-state index in [2.05, 4.69) is 0 Å². The van der Waals surface area contributed by atoms with Crippen molar-refractivity contribution in [3.63, 3.8) is 0 Å². The Balaban J connectivity index is 2.31. The van der Waals surface area contributed by atoms with E-state index < -0.39 is 11.9 Å². The van der Waals surface area contributed by atoms with Gasteiger partial charge in [0.15, 0.2) is 11.5 Å². The van der Waals surface area contributed by atoms with Crippen LogP contribution in [0.2, 0.25) is 5.02 Å². The largest absolute Gasteiger partial charge is 0.493 e. The van der Waals surface area contributed by atoms with Gasteiger partial charge in [-0.3, -0.25) is 0 Å². The van der Waals surface area contributed by atoms with Crippen molar-refractivity contribution < 1.29 is 24.2 Å². The highest BCUT2D eigenvalue weighted by atomic mass is 35.5. The molecule has 0 atom stereocenters. The Hall–Kier alpha value is -2.79. The SMILES string of the molecule is COc1cc(/C=C/C(=O)O)cc(Cl)c1OC(=O)c1ccccc1. The molecular weight excluding hydrogens is 320 g/mol. The summed E-state index contributed by atoms with van der Waals surface area (Å²) in [5.41, 5.74) is 0.884. The van der Waals surface area contributed by atoms with Crippen molar-refractivity contribution in [1.82, 2.24) is 0 Å². The second kappa shape index (κ2) is 7.47. The lowest BCUT2D eigenvalue weighted by Crippen LogP contribution is -2.09. The molecule has 0 saturated heterocycles. The Bertz CT molecular complexity index is 753. The van der Waals surface area contributed by atoms with E-state index in [-0.39, 0.29) is 16.5 Å². The van der Waals surface area contributed by atoms with E-state index in [4.69, 9.17) is 26.2 Å². The molecule has 6 heteroatoms. The van der Waals surface area contributed by atoms with Crippen molar-refractivity contribution in [2.75, 3.05) is 7.11 Å². The van der Waals surface area contributed by atoms with Gasteiger partial charge >= 0.3 is 11.9 Å². The smallest absolute Gasteiger partial charge is 0.343 e. The first-order valence-corrected chi connectivity index (χ1v) is 6.95. The first-order valence-electron chi connectivity index (χ1n) is 6.57. The minimum Gasteiger partial charge on any atom is -0.493 e. The third-order valence-electron chi connectivity index (χ3n) is 2.87. The van der Waals surface area contributed by atoms with Crippen LogP contribution in [-0.2, 0) is 4.79 Å². The van der Waals surface area contributed by atoms with Gasteiger partial charge in [0.25, 0.3) is 0 Å². The molecule has 0 radical (unpaired) electrons. The van der Waals surface area contributed by atoms with Gasteiger partial charge in [-0.1, -0.05) is 29.8 Å². The van der Waals surface area contributed by atoms with Gasteiger partial charge in [0, 0.05) is 6.08 Å². The summed E-state index contributed by atoms with van der Waals surface area (Å²) in [5, 5.41) is 8.79. The summed E-state index contributed by atoms with van der Waals surface area (Å²) in [6, 6.07) is 11.5. The Morgan fingerprint density at radius 1 is 1.17 bits per heavy atom. The van der Waals surface area contributed by atoms with Gasteiger partial charge < -0.3 is 14.6 Å². The molecule has 2 aromatic carbocycles. The van der Waals surface area contributed by atoms with Gasteiger partial charge in [-0.15, -0.1) is 0 Å². The maximum absolute atomic E-state index is 12.1. The van der Waals surface area contributed by atoms with E-state index in [9.17, 15) is 9.59 Å². The van der Waals surface area contributed by atoms with Gasteiger partial charge in [-0.25, -0.2) is 9.59 Å². The number of rotatable bonds is 5. The second-order valence-electron chi connectivity index (χ2n) is 4.46. The molecule has 1 N–H and O–H groups in total. The molecule has 0 unspecified atom stereocenters. The number of methoxy groups -OCH3 is 1. The Morgan fingerprint density at radius 3 is 2.48 bits per heavy atom. The predicted molar refractivity (Wildman–Crippen MR) is 86.1 cm³/mol. The molecule has 0 fully saturated rings. The first kappa shape index (κ1) is 16.6. The van der Waals surface area contributed by atoms with Crippen LogP contribution in [0.25, 0.3) is 6.08 Å². The van der Waals surface area contributed by atoms with E-state index in [0.29, 0.717) is 11.1 Å². The normalized spacial score (nSPS) is 10.5. The highest BCUT2D eigenvalue weighted by molar-refractivity contribution is 6.32. The number of carboxylic acid groups (broad SMARTS) is 1. The van der Waals surface area contributed by atoms with Gasteiger partial charge in [0.05, 0.1) is 17.7 Å². The number of esters is 1. The average molecular weight is 333 g/mol. The molecule has 118 valence electrons. The molecule has 5 nitrogen and oxygen atoms in total. The lowest BCUT2D eigenvalue weighted by molar-refractivity contribution is -0.131. The molecule has 0 aromatic heterocycles. The van der Waals surface area contributed by atoms with Gasteiger partial charge in [-0.05, 0) is 35.9 Å². The highest BCUT2D eigenvalue weighted by Crippen LogP contribution is 2.37. The molecule has 2 rings (SSSR count). The summed E-state index contributed by atoms with van der Waals surface area (Å²) >= 11 is 6.12. The molecule has 0 saturated carbocycles. The van der Waals surface area contributed by atoms with E-state index in [0.717, 1.165) is 6.08 Å². The van der Waals surface area contributed by atoms with E-state index >= 15 is 0 Å². The van der Waals surface area contributed by atoms with E-state index in [1.54, 1.807) is 30.3 Å². The van der Waals surface area contributed by atoms with Crippen LogP contribution >= 0.6 is 11.6 Å². The van der Waals surface area contributed by atoms with Gasteiger partial charge in [0.1, 0.15) is 0 Å². The number of aliphatic carboxylic acids is 1. The Labute approximate surface area is 137 Å². The van der Waals surface area contributed by atoms with Crippen LogP contribution < -0.4 is 9.47 Å². The second-order valence-corrected chi connectivity index (χ2v) is 4.87. The number of benzene rings is 2. The fourth-order valence-electron chi connectivity index (χ4n) is 1.83. The molecule has 0 aliphatic heterocycles. The summed E-state index contributed by atoms with van der Waals surface area (Å²) in [6.07, 6.45) is 2.33. The molecule has 2 aromatic rings. The molecular formula is C17H13ClO5. The Kier molecular flexibility index (Phi) is 5.38. The number of carbonyl (C=O) groups excluding carboxylic acids is 1. The molecule has 0 spiro atoms. The van der Waals surface area contributed by atoms with Crippen LogP contribution in [0.4, 0.5) is 0 Å². The topological polar surface area (TPSA) is 72.8 Å². The van der Waals surface area contributed by atoms with Crippen LogP contribution in [0.5, 0.6) is 11.5 Å². The van der Waals surface area contributed by atoms with Gasteiger partial charge in [-0.2, -0.15) is 0 Å². The van der Waals surface area contributed by atoms with Crippen LogP contribution in [0.1, 0.15) is 15.9 Å². The zero-order valence-electron chi connectivity index (χ0n) is 12.2. The number of ether oxygens (including phenoxy) is 2. The highest BCUT2D eigenvalue weighted by Gasteiger charge is 2.16. The van der Waals surface area contributed by atoms with Crippen molar-refractivity contribution in [1.29, 1.82) is 0 Å².